The lowest BCUT2D eigenvalue weighted by Crippen LogP contribution is -2.29. The van der Waals surface area contributed by atoms with Gasteiger partial charge in [0.2, 0.25) is 5.95 Å². The minimum absolute atomic E-state index is 0.189. The average molecular weight is 485 g/mol. The van der Waals surface area contributed by atoms with Crippen LogP contribution in [0.1, 0.15) is 73.3 Å². The number of nitrogens with one attached hydrogen (secondary N) is 1. The van der Waals surface area contributed by atoms with Crippen molar-refractivity contribution in [3.05, 3.63) is 59.9 Å². The van der Waals surface area contributed by atoms with Crippen LogP contribution >= 0.6 is 0 Å². The number of anilines is 1. The molecule has 4 aromatic rings. The number of amides is 1. The monoisotopic (exact) mass is 484 g/mol. The number of fused-ring (bicyclic) bond motifs is 1. The Kier molecular flexibility index (Phi) is 6.46. The van der Waals surface area contributed by atoms with Crippen molar-refractivity contribution in [2.24, 2.45) is 0 Å². The van der Waals surface area contributed by atoms with Gasteiger partial charge < -0.3 is 4.57 Å². The number of hydrogen-bond acceptors (Lipinski definition) is 6. The van der Waals surface area contributed by atoms with E-state index in [0.717, 1.165) is 36.1 Å². The maximum Gasteiger partial charge on any atom is 0.258 e. The Hall–Kier alpha value is -3.59. The van der Waals surface area contributed by atoms with Gasteiger partial charge in [-0.1, -0.05) is 37.8 Å². The molecule has 2 aromatic carbocycles. The number of carbonyl (C=O) groups is 1. The third-order valence-electron chi connectivity index (χ3n) is 7.50. The SMILES string of the molecule is O=C(Nc1nc2cc(CN3CCCCC3)ccc2n1C1CCCCC1)c1cccc(-n2cnnn2)c1. The number of piperidine rings is 1. The molecule has 0 unspecified atom stereocenters. The van der Waals surface area contributed by atoms with Crippen LogP contribution in [0.5, 0.6) is 0 Å². The average Bonchev–Trinajstić information content (AvgIpc) is 3.58. The van der Waals surface area contributed by atoms with Crippen molar-refractivity contribution >= 4 is 22.9 Å². The van der Waals surface area contributed by atoms with Crippen molar-refractivity contribution in [1.82, 2.24) is 34.7 Å². The van der Waals surface area contributed by atoms with Crippen LogP contribution in [0.25, 0.3) is 16.7 Å². The van der Waals surface area contributed by atoms with Crippen molar-refractivity contribution in [2.45, 2.75) is 64.0 Å². The zero-order chi connectivity index (χ0) is 24.3. The zero-order valence-electron chi connectivity index (χ0n) is 20.5. The number of benzene rings is 2. The van der Waals surface area contributed by atoms with Gasteiger partial charge >= 0.3 is 0 Å². The molecule has 6 rings (SSSR count). The fraction of sp³-hybridized carbons (Fsp3) is 0.444. The summed E-state index contributed by atoms with van der Waals surface area (Å²) in [5, 5.41) is 14.4. The molecular weight excluding hydrogens is 452 g/mol. The first-order valence-electron chi connectivity index (χ1n) is 13.1. The molecule has 0 radical (unpaired) electrons. The molecule has 1 amide bonds. The van der Waals surface area contributed by atoms with Gasteiger partial charge in [0.05, 0.1) is 16.7 Å². The van der Waals surface area contributed by atoms with Gasteiger partial charge in [-0.3, -0.25) is 15.0 Å². The van der Waals surface area contributed by atoms with Crippen molar-refractivity contribution in [3.63, 3.8) is 0 Å². The first kappa shape index (κ1) is 22.8. The lowest BCUT2D eigenvalue weighted by atomic mass is 9.95. The quantitative estimate of drug-likeness (QED) is 0.424. The second kappa shape index (κ2) is 10.2. The summed E-state index contributed by atoms with van der Waals surface area (Å²) in [6, 6.07) is 14.3. The minimum Gasteiger partial charge on any atom is -0.307 e. The topological polar surface area (TPSA) is 93.8 Å². The molecular formula is C27H32N8O. The molecule has 36 heavy (non-hydrogen) atoms. The van der Waals surface area contributed by atoms with Crippen LogP contribution in [0.15, 0.2) is 48.8 Å². The number of aromatic nitrogens is 6. The Balaban J connectivity index is 1.31. The van der Waals surface area contributed by atoms with Crippen LogP contribution in [0.2, 0.25) is 0 Å². The fourth-order valence-electron chi connectivity index (χ4n) is 5.66. The molecule has 186 valence electrons. The summed E-state index contributed by atoms with van der Waals surface area (Å²) in [7, 11) is 0. The normalized spacial score (nSPS) is 17.4. The molecule has 2 aliphatic rings. The van der Waals surface area contributed by atoms with Gasteiger partial charge in [0, 0.05) is 18.2 Å². The summed E-state index contributed by atoms with van der Waals surface area (Å²) >= 11 is 0. The third kappa shape index (κ3) is 4.75. The molecule has 1 aliphatic heterocycles. The highest BCUT2D eigenvalue weighted by atomic mass is 16.1. The fourth-order valence-corrected chi connectivity index (χ4v) is 5.66. The van der Waals surface area contributed by atoms with Crippen LogP contribution in [0.3, 0.4) is 0 Å². The molecule has 0 atom stereocenters. The number of rotatable bonds is 6. The predicted octanol–water partition coefficient (Wildman–Crippen LogP) is 4.76. The lowest BCUT2D eigenvalue weighted by molar-refractivity contribution is 0.102. The molecule has 2 aromatic heterocycles. The number of nitrogens with zero attached hydrogens (tertiary/aromatic N) is 7. The Labute approximate surface area is 210 Å². The zero-order valence-corrected chi connectivity index (χ0v) is 20.5. The first-order chi connectivity index (χ1) is 17.7. The molecule has 1 N–H and O–H groups in total. The molecule has 1 saturated heterocycles. The van der Waals surface area contributed by atoms with E-state index in [4.69, 9.17) is 4.98 Å². The smallest absolute Gasteiger partial charge is 0.258 e. The van der Waals surface area contributed by atoms with Crippen molar-refractivity contribution in [2.75, 3.05) is 18.4 Å². The number of carbonyl (C=O) groups excluding carboxylic acids is 1. The van der Waals surface area contributed by atoms with Crippen LogP contribution < -0.4 is 5.32 Å². The highest BCUT2D eigenvalue weighted by molar-refractivity contribution is 6.04. The molecule has 1 aliphatic carbocycles. The summed E-state index contributed by atoms with van der Waals surface area (Å²) in [5.74, 6) is 0.440. The Bertz CT molecular complexity index is 1330. The van der Waals surface area contributed by atoms with Gasteiger partial charge in [-0.05, 0) is 85.1 Å². The summed E-state index contributed by atoms with van der Waals surface area (Å²) in [5.41, 5.74) is 4.60. The molecule has 1 saturated carbocycles. The predicted molar refractivity (Wildman–Crippen MR) is 138 cm³/mol. The largest absolute Gasteiger partial charge is 0.307 e. The van der Waals surface area contributed by atoms with E-state index in [0.29, 0.717) is 17.6 Å². The Morgan fingerprint density at radius 1 is 0.972 bits per heavy atom. The van der Waals surface area contributed by atoms with Gasteiger partial charge in [0.1, 0.15) is 6.33 Å². The Morgan fingerprint density at radius 3 is 2.61 bits per heavy atom. The van der Waals surface area contributed by atoms with Crippen LogP contribution in [0.4, 0.5) is 5.95 Å². The molecule has 3 heterocycles. The molecule has 0 bridgehead atoms. The summed E-state index contributed by atoms with van der Waals surface area (Å²) in [4.78, 5) is 20.8. The molecule has 9 heteroatoms. The van der Waals surface area contributed by atoms with E-state index in [1.807, 2.05) is 12.1 Å². The number of hydrogen-bond donors (Lipinski definition) is 1. The van der Waals surface area contributed by atoms with E-state index in [1.165, 1.54) is 68.2 Å². The second-order valence-electron chi connectivity index (χ2n) is 10.0. The minimum atomic E-state index is -0.189. The van der Waals surface area contributed by atoms with Crippen LogP contribution in [0, 0.1) is 0 Å². The number of tetrazole rings is 1. The van der Waals surface area contributed by atoms with Crippen molar-refractivity contribution < 1.29 is 4.79 Å². The van der Waals surface area contributed by atoms with Gasteiger partial charge in [-0.25, -0.2) is 9.67 Å². The summed E-state index contributed by atoms with van der Waals surface area (Å²) in [6.45, 7) is 3.29. The van der Waals surface area contributed by atoms with Crippen LogP contribution in [-0.2, 0) is 6.54 Å². The lowest BCUT2D eigenvalue weighted by Gasteiger charge is -2.26. The molecule has 2 fully saturated rings. The van der Waals surface area contributed by atoms with E-state index in [1.54, 1.807) is 12.1 Å². The molecule has 0 spiro atoms. The maximum atomic E-state index is 13.3. The van der Waals surface area contributed by atoms with Crippen molar-refractivity contribution in [3.8, 4) is 5.69 Å². The number of likely N-dealkylation sites (tertiary alicyclic amines) is 1. The maximum absolute atomic E-state index is 13.3. The van der Waals surface area contributed by atoms with E-state index in [2.05, 4.69) is 48.5 Å². The van der Waals surface area contributed by atoms with Gasteiger partial charge in [0.25, 0.3) is 5.91 Å². The standard InChI is InChI=1S/C27H32N8O/c36-26(21-8-7-11-23(17-21)34-19-28-31-32-34)30-27-29-24-16-20(18-33-14-5-2-6-15-33)12-13-25(24)35(27)22-9-3-1-4-10-22/h7-8,11-13,16-17,19,22H,1-6,9-10,14-15,18H2,(H,29,30,36). The Morgan fingerprint density at radius 2 is 1.81 bits per heavy atom. The molecule has 9 nitrogen and oxygen atoms in total. The summed E-state index contributed by atoms with van der Waals surface area (Å²) in [6.07, 6.45) is 11.3. The number of imidazole rings is 1. The van der Waals surface area contributed by atoms with Crippen molar-refractivity contribution in [1.29, 1.82) is 0 Å². The van der Waals surface area contributed by atoms with Gasteiger partial charge in [-0.15, -0.1) is 5.10 Å². The summed E-state index contributed by atoms with van der Waals surface area (Å²) < 4.78 is 3.81. The van der Waals surface area contributed by atoms with E-state index in [-0.39, 0.29) is 5.91 Å². The highest BCUT2D eigenvalue weighted by Crippen LogP contribution is 2.35. The van der Waals surface area contributed by atoms with E-state index in [9.17, 15) is 4.79 Å². The van der Waals surface area contributed by atoms with Gasteiger partial charge in [-0.2, -0.15) is 0 Å². The second-order valence-corrected chi connectivity index (χ2v) is 10.0. The van der Waals surface area contributed by atoms with Gasteiger partial charge in [0.15, 0.2) is 0 Å². The van der Waals surface area contributed by atoms with Crippen LogP contribution in [-0.4, -0.2) is 53.7 Å². The highest BCUT2D eigenvalue weighted by Gasteiger charge is 2.23. The first-order valence-corrected chi connectivity index (χ1v) is 13.1. The van der Waals surface area contributed by atoms with E-state index < -0.39 is 0 Å². The van der Waals surface area contributed by atoms with E-state index >= 15 is 0 Å². The third-order valence-corrected chi connectivity index (χ3v) is 7.50.